The van der Waals surface area contributed by atoms with Gasteiger partial charge >= 0.3 is 0 Å². The molecule has 1 aromatic carbocycles. The largest absolute Gasteiger partial charge is 0.251 e. The smallest absolute Gasteiger partial charge is 0.0970 e. The van der Waals surface area contributed by atoms with Crippen LogP contribution in [0.3, 0.4) is 0 Å². The SMILES string of the molecule is CCCCCCCCCCCCCCCCCCc1cc2ccc(C)nc2c2nc(C)ccc12. The molecule has 2 aromatic heterocycles. The Bertz CT molecular complexity index is 991. The van der Waals surface area contributed by atoms with Crippen molar-refractivity contribution in [3.63, 3.8) is 0 Å². The topological polar surface area (TPSA) is 25.8 Å². The first kappa shape index (κ1) is 26.6. The van der Waals surface area contributed by atoms with Crippen LogP contribution in [0.2, 0.25) is 0 Å². The molecule has 2 nitrogen and oxygen atoms in total. The fourth-order valence-electron chi connectivity index (χ4n) is 5.21. The molecule has 0 aliphatic carbocycles. The average molecular weight is 461 g/mol. The molecule has 186 valence electrons. The van der Waals surface area contributed by atoms with Crippen LogP contribution in [0, 0.1) is 13.8 Å². The van der Waals surface area contributed by atoms with Gasteiger partial charge in [0.1, 0.15) is 0 Å². The van der Waals surface area contributed by atoms with Crippen LogP contribution in [0.25, 0.3) is 21.8 Å². The lowest BCUT2D eigenvalue weighted by molar-refractivity contribution is 0.529. The van der Waals surface area contributed by atoms with Gasteiger partial charge in [-0.05, 0) is 50.5 Å². The number of unbranched alkanes of at least 4 members (excludes halogenated alkanes) is 15. The van der Waals surface area contributed by atoms with Crippen LogP contribution in [0.15, 0.2) is 30.3 Å². The van der Waals surface area contributed by atoms with Crippen molar-refractivity contribution in [1.29, 1.82) is 0 Å². The number of nitrogens with zero attached hydrogens (tertiary/aromatic N) is 2. The number of hydrogen-bond acceptors (Lipinski definition) is 2. The maximum atomic E-state index is 4.87. The van der Waals surface area contributed by atoms with Crippen molar-refractivity contribution >= 4 is 21.8 Å². The number of benzene rings is 1. The highest BCUT2D eigenvalue weighted by atomic mass is 14.8. The van der Waals surface area contributed by atoms with Crippen molar-refractivity contribution in [2.75, 3.05) is 0 Å². The van der Waals surface area contributed by atoms with E-state index in [0.29, 0.717) is 0 Å². The second-order valence-corrected chi connectivity index (χ2v) is 10.5. The lowest BCUT2D eigenvalue weighted by Crippen LogP contribution is -1.95. The van der Waals surface area contributed by atoms with Crippen molar-refractivity contribution in [1.82, 2.24) is 9.97 Å². The highest BCUT2D eigenvalue weighted by Crippen LogP contribution is 2.28. The van der Waals surface area contributed by atoms with Crippen LogP contribution in [0.1, 0.15) is 127 Å². The van der Waals surface area contributed by atoms with E-state index in [4.69, 9.17) is 9.97 Å². The van der Waals surface area contributed by atoms with Gasteiger partial charge in [-0.2, -0.15) is 0 Å². The molecule has 3 rings (SSSR count). The van der Waals surface area contributed by atoms with Gasteiger partial charge in [0.15, 0.2) is 0 Å². The Hall–Kier alpha value is -1.96. The molecule has 0 fully saturated rings. The normalized spacial score (nSPS) is 11.6. The first-order valence-corrected chi connectivity index (χ1v) is 14.4. The third-order valence-corrected chi connectivity index (χ3v) is 7.30. The number of rotatable bonds is 17. The van der Waals surface area contributed by atoms with Gasteiger partial charge in [0.2, 0.25) is 0 Å². The molecule has 0 bridgehead atoms. The van der Waals surface area contributed by atoms with E-state index >= 15 is 0 Å². The third-order valence-electron chi connectivity index (χ3n) is 7.30. The highest BCUT2D eigenvalue weighted by Gasteiger charge is 2.10. The summed E-state index contributed by atoms with van der Waals surface area (Å²) < 4.78 is 0. The van der Waals surface area contributed by atoms with Gasteiger partial charge < -0.3 is 0 Å². The van der Waals surface area contributed by atoms with Gasteiger partial charge in [0.25, 0.3) is 0 Å². The molecule has 2 heterocycles. The summed E-state index contributed by atoms with van der Waals surface area (Å²) in [6.07, 6.45) is 23.8. The summed E-state index contributed by atoms with van der Waals surface area (Å²) in [7, 11) is 0. The molecule has 0 saturated heterocycles. The molecule has 34 heavy (non-hydrogen) atoms. The number of aryl methyl sites for hydroxylation is 3. The predicted molar refractivity (Wildman–Crippen MR) is 150 cm³/mol. The van der Waals surface area contributed by atoms with Crippen LogP contribution < -0.4 is 0 Å². The second kappa shape index (κ2) is 15.1. The van der Waals surface area contributed by atoms with E-state index in [2.05, 4.69) is 51.1 Å². The Balaban J connectivity index is 1.30. The van der Waals surface area contributed by atoms with Crippen LogP contribution in [0.5, 0.6) is 0 Å². The van der Waals surface area contributed by atoms with Crippen LogP contribution >= 0.6 is 0 Å². The average Bonchev–Trinajstić information content (AvgIpc) is 2.84. The molecule has 0 amide bonds. The molecular weight excluding hydrogens is 412 g/mol. The quantitative estimate of drug-likeness (QED) is 0.148. The van der Waals surface area contributed by atoms with E-state index < -0.39 is 0 Å². The molecule has 0 aliphatic heterocycles. The number of fused-ring (bicyclic) bond motifs is 3. The predicted octanol–water partition coefficient (Wildman–Crippen LogP) is 10.2. The second-order valence-electron chi connectivity index (χ2n) is 10.5. The minimum absolute atomic E-state index is 1.05. The summed E-state index contributed by atoms with van der Waals surface area (Å²) in [5.41, 5.74) is 5.69. The van der Waals surface area contributed by atoms with Crippen molar-refractivity contribution in [3.8, 4) is 0 Å². The van der Waals surface area contributed by atoms with Gasteiger partial charge in [-0.1, -0.05) is 115 Å². The first-order valence-electron chi connectivity index (χ1n) is 14.4. The molecule has 0 spiro atoms. The zero-order valence-corrected chi connectivity index (χ0v) is 22.3. The molecular formula is C32H48N2. The third kappa shape index (κ3) is 8.67. The van der Waals surface area contributed by atoms with Gasteiger partial charge in [0.05, 0.1) is 11.0 Å². The molecule has 0 radical (unpaired) electrons. The van der Waals surface area contributed by atoms with Gasteiger partial charge in [-0.25, -0.2) is 0 Å². The van der Waals surface area contributed by atoms with Crippen molar-refractivity contribution in [2.24, 2.45) is 0 Å². The number of hydrogen-bond donors (Lipinski definition) is 0. The summed E-state index contributed by atoms with van der Waals surface area (Å²) in [6.45, 7) is 6.43. The lowest BCUT2D eigenvalue weighted by atomic mass is 9.98. The minimum Gasteiger partial charge on any atom is -0.251 e. The van der Waals surface area contributed by atoms with Crippen LogP contribution in [-0.2, 0) is 6.42 Å². The maximum Gasteiger partial charge on any atom is 0.0970 e. The molecule has 0 unspecified atom stereocenters. The highest BCUT2D eigenvalue weighted by molar-refractivity contribution is 6.04. The van der Waals surface area contributed by atoms with Crippen LogP contribution in [-0.4, -0.2) is 9.97 Å². The Morgan fingerprint density at radius 2 is 1.00 bits per heavy atom. The summed E-state index contributed by atoms with van der Waals surface area (Å²) in [5, 5.41) is 2.51. The number of aromatic nitrogens is 2. The molecule has 0 saturated carbocycles. The molecule has 2 heteroatoms. The van der Waals surface area contributed by atoms with E-state index in [9.17, 15) is 0 Å². The van der Waals surface area contributed by atoms with E-state index in [0.717, 1.165) is 28.8 Å². The standard InChI is InChI=1S/C32H48N2/c1-4-5-6-7-8-9-10-11-12-13-14-15-16-17-18-19-20-28-25-29-23-21-26(2)33-31(29)32-30(28)24-22-27(3)34-32/h21-25H,4-20H2,1-3H3. The number of pyridine rings is 2. The fourth-order valence-corrected chi connectivity index (χ4v) is 5.21. The Labute approximate surface area is 209 Å². The summed E-state index contributed by atoms with van der Waals surface area (Å²) in [4.78, 5) is 9.67. The van der Waals surface area contributed by atoms with Crippen LogP contribution in [0.4, 0.5) is 0 Å². The zero-order chi connectivity index (χ0) is 24.0. The molecule has 0 N–H and O–H groups in total. The summed E-state index contributed by atoms with van der Waals surface area (Å²) >= 11 is 0. The van der Waals surface area contributed by atoms with Crippen molar-refractivity contribution in [2.45, 2.75) is 130 Å². The van der Waals surface area contributed by atoms with E-state index in [1.807, 2.05) is 0 Å². The lowest BCUT2D eigenvalue weighted by Gasteiger charge is -2.11. The Morgan fingerprint density at radius 3 is 1.56 bits per heavy atom. The van der Waals surface area contributed by atoms with Gasteiger partial charge in [0, 0.05) is 22.2 Å². The minimum atomic E-state index is 1.05. The maximum absolute atomic E-state index is 4.87. The first-order chi connectivity index (χ1) is 16.7. The molecule has 0 atom stereocenters. The Kier molecular flexibility index (Phi) is 11.8. The van der Waals surface area contributed by atoms with E-state index in [1.165, 1.54) is 119 Å². The molecule has 3 aromatic rings. The van der Waals surface area contributed by atoms with Gasteiger partial charge in [-0.3, -0.25) is 9.97 Å². The van der Waals surface area contributed by atoms with E-state index in [-0.39, 0.29) is 0 Å². The van der Waals surface area contributed by atoms with Gasteiger partial charge in [-0.15, -0.1) is 0 Å². The summed E-state index contributed by atoms with van der Waals surface area (Å²) in [5.74, 6) is 0. The van der Waals surface area contributed by atoms with Crippen molar-refractivity contribution < 1.29 is 0 Å². The summed E-state index contributed by atoms with van der Waals surface area (Å²) in [6, 6.07) is 11.1. The Morgan fingerprint density at radius 1 is 0.529 bits per heavy atom. The fraction of sp³-hybridized carbons (Fsp3) is 0.625. The monoisotopic (exact) mass is 460 g/mol. The molecule has 0 aliphatic rings. The zero-order valence-electron chi connectivity index (χ0n) is 22.3. The van der Waals surface area contributed by atoms with E-state index in [1.54, 1.807) is 0 Å². The van der Waals surface area contributed by atoms with Crippen molar-refractivity contribution in [3.05, 3.63) is 47.3 Å².